The van der Waals surface area contributed by atoms with Gasteiger partial charge in [0, 0.05) is 29.2 Å². The van der Waals surface area contributed by atoms with E-state index in [1.54, 1.807) is 6.07 Å². The molecule has 0 radical (unpaired) electrons. The van der Waals surface area contributed by atoms with Crippen LogP contribution in [-0.4, -0.2) is 4.57 Å². The monoisotopic (exact) mass is 204 g/mol. The zero-order chi connectivity index (χ0) is 10.4. The molecular weight excluding hydrogens is 191 g/mol. The van der Waals surface area contributed by atoms with Gasteiger partial charge in [-0.2, -0.15) is 0 Å². The summed E-state index contributed by atoms with van der Waals surface area (Å²) in [6.45, 7) is 0.998. The fraction of sp³-hybridized carbons (Fsp3) is 0.333. The molecule has 1 atom stereocenters. The predicted octanol–water partition coefficient (Wildman–Crippen LogP) is 2.57. The number of fused-ring (bicyclic) bond motifs is 3. The van der Waals surface area contributed by atoms with Crippen LogP contribution in [0.2, 0.25) is 0 Å². The van der Waals surface area contributed by atoms with E-state index < -0.39 is 0 Å². The van der Waals surface area contributed by atoms with E-state index in [-0.39, 0.29) is 11.9 Å². The van der Waals surface area contributed by atoms with Gasteiger partial charge in [0.05, 0.1) is 0 Å². The van der Waals surface area contributed by atoms with E-state index in [0.717, 1.165) is 36.0 Å². The van der Waals surface area contributed by atoms with Gasteiger partial charge >= 0.3 is 0 Å². The first-order valence-corrected chi connectivity index (χ1v) is 5.30. The van der Waals surface area contributed by atoms with Crippen LogP contribution >= 0.6 is 0 Å². The van der Waals surface area contributed by atoms with Gasteiger partial charge in [-0.15, -0.1) is 0 Å². The molecule has 78 valence electrons. The molecule has 0 spiro atoms. The molecule has 3 rings (SSSR count). The molecule has 2 nitrogen and oxygen atoms in total. The topological polar surface area (TPSA) is 30.9 Å². The number of aryl methyl sites for hydroxylation is 1. The van der Waals surface area contributed by atoms with Crippen molar-refractivity contribution in [3.63, 3.8) is 0 Å². The quantitative estimate of drug-likeness (QED) is 0.702. The van der Waals surface area contributed by atoms with Crippen LogP contribution in [-0.2, 0) is 6.54 Å². The highest BCUT2D eigenvalue weighted by Gasteiger charge is 2.19. The minimum Gasteiger partial charge on any atom is -0.343 e. The molecule has 1 aliphatic rings. The van der Waals surface area contributed by atoms with Crippen LogP contribution in [0.1, 0.15) is 24.6 Å². The second kappa shape index (κ2) is 3.07. The maximum Gasteiger partial charge on any atom is 0.123 e. The Labute approximate surface area is 87.5 Å². The van der Waals surface area contributed by atoms with Crippen molar-refractivity contribution in [3.8, 4) is 0 Å². The summed E-state index contributed by atoms with van der Waals surface area (Å²) in [5, 5.41) is 0.961. The standard InChI is InChI=1S/C12H13FN2/c13-9-3-4-11-8(6-9)7-12-10(14)2-1-5-15(11)12/h3-4,6-7,10H,1-2,5,14H2. The third-order valence-corrected chi connectivity index (χ3v) is 3.17. The third kappa shape index (κ3) is 1.27. The highest BCUT2D eigenvalue weighted by atomic mass is 19.1. The minimum atomic E-state index is -0.181. The number of aromatic nitrogens is 1. The first-order chi connectivity index (χ1) is 7.25. The molecule has 1 unspecified atom stereocenters. The maximum atomic E-state index is 13.1. The van der Waals surface area contributed by atoms with Gasteiger partial charge in [0.1, 0.15) is 5.82 Å². The SMILES string of the molecule is NC1CCCn2c1cc1cc(F)ccc12. The Bertz CT molecular complexity index is 516. The van der Waals surface area contributed by atoms with Gasteiger partial charge in [-0.3, -0.25) is 0 Å². The third-order valence-electron chi connectivity index (χ3n) is 3.17. The molecule has 1 aromatic heterocycles. The van der Waals surface area contributed by atoms with Crippen LogP contribution in [0.15, 0.2) is 24.3 Å². The van der Waals surface area contributed by atoms with Crippen molar-refractivity contribution in [2.24, 2.45) is 5.73 Å². The second-order valence-corrected chi connectivity index (χ2v) is 4.17. The Hall–Kier alpha value is -1.35. The lowest BCUT2D eigenvalue weighted by Crippen LogP contribution is -2.20. The van der Waals surface area contributed by atoms with Gasteiger partial charge in [-0.05, 0) is 37.1 Å². The fourth-order valence-corrected chi connectivity index (χ4v) is 2.44. The molecule has 0 amide bonds. The zero-order valence-electron chi connectivity index (χ0n) is 8.41. The Morgan fingerprint density at radius 2 is 2.20 bits per heavy atom. The Morgan fingerprint density at radius 3 is 3.07 bits per heavy atom. The molecule has 2 aromatic rings. The lowest BCUT2D eigenvalue weighted by Gasteiger charge is -2.21. The van der Waals surface area contributed by atoms with Crippen LogP contribution in [0.25, 0.3) is 10.9 Å². The summed E-state index contributed by atoms with van der Waals surface area (Å²) in [6, 6.07) is 7.05. The van der Waals surface area contributed by atoms with Crippen molar-refractivity contribution in [1.29, 1.82) is 0 Å². The molecule has 1 aliphatic heterocycles. The van der Waals surface area contributed by atoms with Gasteiger partial charge in [-0.1, -0.05) is 0 Å². The highest BCUT2D eigenvalue weighted by Crippen LogP contribution is 2.30. The molecule has 0 saturated carbocycles. The molecule has 2 N–H and O–H groups in total. The van der Waals surface area contributed by atoms with E-state index in [4.69, 9.17) is 5.73 Å². The summed E-state index contributed by atoms with van der Waals surface area (Å²) in [5.74, 6) is -0.181. The lowest BCUT2D eigenvalue weighted by atomic mass is 10.1. The summed E-state index contributed by atoms with van der Waals surface area (Å²) in [4.78, 5) is 0. The average Bonchev–Trinajstić information content (AvgIpc) is 2.57. The summed E-state index contributed by atoms with van der Waals surface area (Å²) >= 11 is 0. The molecule has 0 bridgehead atoms. The summed E-state index contributed by atoms with van der Waals surface area (Å²) < 4.78 is 15.3. The molecule has 0 saturated heterocycles. The lowest BCUT2D eigenvalue weighted by molar-refractivity contribution is 0.471. The number of hydrogen-bond donors (Lipinski definition) is 1. The number of halogens is 1. The fourth-order valence-electron chi connectivity index (χ4n) is 2.44. The van der Waals surface area contributed by atoms with Crippen LogP contribution in [0.3, 0.4) is 0 Å². The van der Waals surface area contributed by atoms with Crippen molar-refractivity contribution in [1.82, 2.24) is 4.57 Å². The van der Waals surface area contributed by atoms with Crippen LogP contribution in [0.4, 0.5) is 4.39 Å². The first-order valence-electron chi connectivity index (χ1n) is 5.30. The van der Waals surface area contributed by atoms with Gasteiger partial charge < -0.3 is 10.3 Å². The summed E-state index contributed by atoms with van der Waals surface area (Å²) in [5.41, 5.74) is 8.27. The van der Waals surface area contributed by atoms with Crippen molar-refractivity contribution < 1.29 is 4.39 Å². The molecule has 1 aromatic carbocycles. The van der Waals surface area contributed by atoms with Crippen LogP contribution < -0.4 is 5.73 Å². The number of nitrogens with two attached hydrogens (primary N) is 1. The van der Waals surface area contributed by atoms with Gasteiger partial charge in [-0.25, -0.2) is 4.39 Å². The number of benzene rings is 1. The summed E-state index contributed by atoms with van der Waals surface area (Å²) in [6.07, 6.45) is 2.13. The molecule has 2 heterocycles. The van der Waals surface area contributed by atoms with E-state index in [0.29, 0.717) is 0 Å². The van der Waals surface area contributed by atoms with Crippen LogP contribution in [0.5, 0.6) is 0 Å². The molecule has 0 fully saturated rings. The van der Waals surface area contributed by atoms with Crippen molar-refractivity contribution >= 4 is 10.9 Å². The Morgan fingerprint density at radius 1 is 1.33 bits per heavy atom. The van der Waals surface area contributed by atoms with E-state index in [1.165, 1.54) is 6.07 Å². The largest absolute Gasteiger partial charge is 0.343 e. The Kier molecular flexibility index (Phi) is 1.83. The molecular formula is C12H13FN2. The maximum absolute atomic E-state index is 13.1. The first kappa shape index (κ1) is 8.92. The normalized spacial score (nSPS) is 20.5. The van der Waals surface area contributed by atoms with E-state index in [9.17, 15) is 4.39 Å². The second-order valence-electron chi connectivity index (χ2n) is 4.17. The van der Waals surface area contributed by atoms with Gasteiger partial charge in [0.15, 0.2) is 0 Å². The van der Waals surface area contributed by atoms with E-state index in [1.807, 2.05) is 12.1 Å². The van der Waals surface area contributed by atoms with Gasteiger partial charge in [0.25, 0.3) is 0 Å². The van der Waals surface area contributed by atoms with Gasteiger partial charge in [0.2, 0.25) is 0 Å². The predicted molar refractivity (Wildman–Crippen MR) is 58.1 cm³/mol. The minimum absolute atomic E-state index is 0.106. The highest BCUT2D eigenvalue weighted by molar-refractivity contribution is 5.81. The van der Waals surface area contributed by atoms with E-state index in [2.05, 4.69) is 4.57 Å². The Balaban J connectivity index is 2.30. The molecule has 0 aliphatic carbocycles. The van der Waals surface area contributed by atoms with E-state index >= 15 is 0 Å². The number of hydrogen-bond acceptors (Lipinski definition) is 1. The molecule has 3 heteroatoms. The van der Waals surface area contributed by atoms with Crippen molar-refractivity contribution in [3.05, 3.63) is 35.8 Å². The number of nitrogens with zero attached hydrogens (tertiary/aromatic N) is 1. The number of rotatable bonds is 0. The smallest absolute Gasteiger partial charge is 0.123 e. The summed E-state index contributed by atoms with van der Waals surface area (Å²) in [7, 11) is 0. The van der Waals surface area contributed by atoms with Crippen molar-refractivity contribution in [2.45, 2.75) is 25.4 Å². The zero-order valence-corrected chi connectivity index (χ0v) is 8.41. The molecule has 15 heavy (non-hydrogen) atoms. The van der Waals surface area contributed by atoms with Crippen molar-refractivity contribution in [2.75, 3.05) is 0 Å². The average molecular weight is 204 g/mol. The van der Waals surface area contributed by atoms with Crippen LogP contribution in [0, 0.1) is 5.82 Å².